The third-order valence-electron chi connectivity index (χ3n) is 2.47. The highest BCUT2D eigenvalue weighted by Gasteiger charge is 2.25. The Morgan fingerprint density at radius 1 is 1.20 bits per heavy atom. The molecule has 0 radical (unpaired) electrons. The van der Waals surface area contributed by atoms with E-state index in [4.69, 9.17) is 14.2 Å². The number of carbonyl (C=O) groups is 1. The smallest absolute Gasteiger partial charge is 0.407 e. The van der Waals surface area contributed by atoms with Crippen LogP contribution in [0.5, 0.6) is 11.5 Å². The van der Waals surface area contributed by atoms with Crippen LogP contribution in [0.3, 0.4) is 0 Å². The van der Waals surface area contributed by atoms with E-state index < -0.39 is 0 Å². The van der Waals surface area contributed by atoms with Gasteiger partial charge in [0, 0.05) is 0 Å². The van der Waals surface area contributed by atoms with Gasteiger partial charge in [-0.25, -0.2) is 4.79 Å². The normalized spacial score (nSPS) is 22.4. The Kier molecular flexibility index (Phi) is 1.71. The summed E-state index contributed by atoms with van der Waals surface area (Å²) in [6, 6.07) is 5.50. The van der Waals surface area contributed by atoms with Crippen LogP contribution >= 0.6 is 0 Å². The van der Waals surface area contributed by atoms with Gasteiger partial charge in [-0.3, -0.25) is 0 Å². The molecule has 3 rings (SSSR count). The summed E-state index contributed by atoms with van der Waals surface area (Å²) in [7, 11) is 0. The topological polar surface area (TPSA) is 56.8 Å². The Hall–Kier alpha value is -1.91. The van der Waals surface area contributed by atoms with Crippen LogP contribution in [0.4, 0.5) is 4.79 Å². The lowest BCUT2D eigenvalue weighted by Crippen LogP contribution is -2.18. The Balaban J connectivity index is 1.89. The number of hydrogen-bond donors (Lipinski definition) is 1. The molecule has 0 bridgehead atoms. The average Bonchev–Trinajstić information content (AvgIpc) is 2.84. The maximum Gasteiger partial charge on any atom is 0.407 e. The Bertz CT molecular complexity index is 418. The van der Waals surface area contributed by atoms with Gasteiger partial charge in [-0.1, -0.05) is 6.07 Å². The molecule has 0 unspecified atom stereocenters. The number of benzene rings is 1. The van der Waals surface area contributed by atoms with E-state index in [1.807, 2.05) is 18.2 Å². The highest BCUT2D eigenvalue weighted by molar-refractivity contribution is 5.70. The van der Waals surface area contributed by atoms with Crippen molar-refractivity contribution in [1.29, 1.82) is 0 Å². The standard InChI is InChI=1S/C10H9NO4/c12-10-11-7(4-13-10)6-1-2-8-9(3-6)15-5-14-8/h1-3,7H,4-5H2,(H,11,12)/t7-/m1/s1. The number of alkyl carbamates (subject to hydrolysis) is 1. The van der Waals surface area contributed by atoms with Gasteiger partial charge < -0.3 is 19.5 Å². The number of fused-ring (bicyclic) bond motifs is 1. The number of carbonyl (C=O) groups excluding carboxylic acids is 1. The lowest BCUT2D eigenvalue weighted by atomic mass is 10.1. The molecule has 1 saturated heterocycles. The second-order valence-electron chi connectivity index (χ2n) is 3.41. The molecule has 0 spiro atoms. The second-order valence-corrected chi connectivity index (χ2v) is 3.41. The summed E-state index contributed by atoms with van der Waals surface area (Å²) in [4.78, 5) is 10.9. The first kappa shape index (κ1) is 8.40. The maximum atomic E-state index is 10.9. The van der Waals surface area contributed by atoms with Crippen LogP contribution in [0.25, 0.3) is 0 Å². The molecule has 5 heteroatoms. The number of nitrogens with one attached hydrogen (secondary N) is 1. The lowest BCUT2D eigenvalue weighted by molar-refractivity contribution is 0.174. The largest absolute Gasteiger partial charge is 0.454 e. The van der Waals surface area contributed by atoms with Crippen LogP contribution in [0, 0.1) is 0 Å². The molecule has 1 N–H and O–H groups in total. The van der Waals surface area contributed by atoms with Crippen molar-refractivity contribution in [2.24, 2.45) is 0 Å². The molecule has 1 atom stereocenters. The number of ether oxygens (including phenoxy) is 3. The molecule has 2 aliphatic heterocycles. The van der Waals surface area contributed by atoms with E-state index in [0.717, 1.165) is 11.3 Å². The molecule has 2 heterocycles. The van der Waals surface area contributed by atoms with E-state index >= 15 is 0 Å². The maximum absolute atomic E-state index is 10.9. The predicted octanol–water partition coefficient (Wildman–Crippen LogP) is 1.20. The predicted molar refractivity (Wildman–Crippen MR) is 49.8 cm³/mol. The zero-order valence-corrected chi connectivity index (χ0v) is 7.86. The van der Waals surface area contributed by atoms with Crippen LogP contribution in [0.2, 0.25) is 0 Å². The average molecular weight is 207 g/mol. The van der Waals surface area contributed by atoms with Crippen LogP contribution in [0.1, 0.15) is 11.6 Å². The molecule has 1 amide bonds. The second kappa shape index (κ2) is 3.05. The minimum Gasteiger partial charge on any atom is -0.454 e. The van der Waals surface area contributed by atoms with Crippen molar-refractivity contribution < 1.29 is 19.0 Å². The molecule has 0 saturated carbocycles. The van der Waals surface area contributed by atoms with Gasteiger partial charge in [0.15, 0.2) is 11.5 Å². The van der Waals surface area contributed by atoms with Gasteiger partial charge in [-0.2, -0.15) is 0 Å². The molecule has 1 aromatic rings. The van der Waals surface area contributed by atoms with Crippen molar-refractivity contribution in [1.82, 2.24) is 5.32 Å². The SMILES string of the molecule is O=C1N[C@@H](c2ccc3c(c2)OCO3)CO1. The fourth-order valence-corrected chi connectivity index (χ4v) is 1.69. The number of hydrogen-bond acceptors (Lipinski definition) is 4. The molecule has 0 aromatic heterocycles. The van der Waals surface area contributed by atoms with Gasteiger partial charge >= 0.3 is 6.09 Å². The lowest BCUT2D eigenvalue weighted by Gasteiger charge is -2.07. The van der Waals surface area contributed by atoms with E-state index in [-0.39, 0.29) is 18.9 Å². The van der Waals surface area contributed by atoms with E-state index in [9.17, 15) is 4.79 Å². The fraction of sp³-hybridized carbons (Fsp3) is 0.300. The van der Waals surface area contributed by atoms with Crippen LogP contribution < -0.4 is 14.8 Å². The highest BCUT2D eigenvalue weighted by atomic mass is 16.7. The van der Waals surface area contributed by atoms with E-state index in [2.05, 4.69) is 5.32 Å². The first-order chi connectivity index (χ1) is 7.33. The number of amides is 1. The molecule has 15 heavy (non-hydrogen) atoms. The molecule has 1 fully saturated rings. The summed E-state index contributed by atoms with van der Waals surface area (Å²) in [5.74, 6) is 1.46. The fourth-order valence-electron chi connectivity index (χ4n) is 1.69. The molecule has 0 aliphatic carbocycles. The molecular weight excluding hydrogens is 198 g/mol. The molecule has 78 valence electrons. The van der Waals surface area contributed by atoms with Crippen molar-refractivity contribution in [3.63, 3.8) is 0 Å². The summed E-state index contributed by atoms with van der Waals surface area (Å²) in [5, 5.41) is 2.70. The molecular formula is C10H9NO4. The van der Waals surface area contributed by atoms with E-state index in [1.165, 1.54) is 0 Å². The Morgan fingerprint density at radius 3 is 2.87 bits per heavy atom. The zero-order valence-electron chi connectivity index (χ0n) is 7.86. The Labute approximate surface area is 85.9 Å². The van der Waals surface area contributed by atoms with Crippen LogP contribution in [-0.4, -0.2) is 19.5 Å². The quantitative estimate of drug-likeness (QED) is 0.751. The van der Waals surface area contributed by atoms with Crippen molar-refractivity contribution in [3.05, 3.63) is 23.8 Å². The first-order valence-electron chi connectivity index (χ1n) is 4.66. The van der Waals surface area contributed by atoms with E-state index in [0.29, 0.717) is 12.4 Å². The van der Waals surface area contributed by atoms with Gasteiger partial charge in [0.2, 0.25) is 6.79 Å². The zero-order chi connectivity index (χ0) is 10.3. The summed E-state index contributed by atoms with van der Waals surface area (Å²) in [5.41, 5.74) is 0.963. The molecule has 5 nitrogen and oxygen atoms in total. The monoisotopic (exact) mass is 207 g/mol. The minimum absolute atomic E-state index is 0.0907. The van der Waals surface area contributed by atoms with Crippen LogP contribution in [0.15, 0.2) is 18.2 Å². The third-order valence-corrected chi connectivity index (χ3v) is 2.47. The summed E-state index contributed by atoms with van der Waals surface area (Å²) >= 11 is 0. The van der Waals surface area contributed by atoms with Crippen molar-refractivity contribution in [2.75, 3.05) is 13.4 Å². The summed E-state index contributed by atoms with van der Waals surface area (Å²) in [6.07, 6.45) is -0.377. The number of rotatable bonds is 1. The van der Waals surface area contributed by atoms with Crippen LogP contribution in [-0.2, 0) is 4.74 Å². The van der Waals surface area contributed by atoms with Crippen molar-refractivity contribution >= 4 is 6.09 Å². The van der Waals surface area contributed by atoms with Gasteiger partial charge in [0.25, 0.3) is 0 Å². The van der Waals surface area contributed by atoms with E-state index in [1.54, 1.807) is 0 Å². The van der Waals surface area contributed by atoms with Gasteiger partial charge in [0.1, 0.15) is 6.61 Å². The van der Waals surface area contributed by atoms with Crippen molar-refractivity contribution in [2.45, 2.75) is 6.04 Å². The van der Waals surface area contributed by atoms with Gasteiger partial charge in [-0.15, -0.1) is 0 Å². The third kappa shape index (κ3) is 1.36. The summed E-state index contributed by atoms with van der Waals surface area (Å²) in [6.45, 7) is 0.616. The van der Waals surface area contributed by atoms with Crippen molar-refractivity contribution in [3.8, 4) is 11.5 Å². The van der Waals surface area contributed by atoms with Gasteiger partial charge in [0.05, 0.1) is 6.04 Å². The molecule has 1 aromatic carbocycles. The highest BCUT2D eigenvalue weighted by Crippen LogP contribution is 2.34. The minimum atomic E-state index is -0.377. The first-order valence-corrected chi connectivity index (χ1v) is 4.66. The summed E-state index contributed by atoms with van der Waals surface area (Å²) < 4.78 is 15.3. The molecule has 2 aliphatic rings. The van der Waals surface area contributed by atoms with Gasteiger partial charge in [-0.05, 0) is 17.7 Å². The Morgan fingerprint density at radius 2 is 2.07 bits per heavy atom. The number of cyclic esters (lactones) is 1.